The van der Waals surface area contributed by atoms with Crippen molar-refractivity contribution in [3.8, 4) is 5.75 Å². The van der Waals surface area contributed by atoms with Gasteiger partial charge >= 0.3 is 0 Å². The lowest BCUT2D eigenvalue weighted by molar-refractivity contribution is -0.136. The van der Waals surface area contributed by atoms with Gasteiger partial charge in [0.25, 0.3) is 0 Å². The third-order valence-corrected chi connectivity index (χ3v) is 6.78. The number of thiophene rings is 1. The summed E-state index contributed by atoms with van der Waals surface area (Å²) in [6.45, 7) is 5.23. The van der Waals surface area contributed by atoms with Crippen LogP contribution in [0.15, 0.2) is 35.7 Å². The Morgan fingerprint density at radius 2 is 2.24 bits per heavy atom. The number of aliphatic hydroxyl groups excluding tert-OH is 1. The molecular formula is C25H35FN2O5S. The molecule has 0 radical (unpaired) electrons. The average molecular weight is 495 g/mol. The highest BCUT2D eigenvalue weighted by atomic mass is 32.1. The highest BCUT2D eigenvalue weighted by molar-refractivity contribution is 7.10. The molecule has 0 spiro atoms. The minimum atomic E-state index is -0.674. The van der Waals surface area contributed by atoms with Gasteiger partial charge in [-0.3, -0.25) is 9.69 Å². The number of fused-ring (bicyclic) bond motifs is 1. The van der Waals surface area contributed by atoms with Gasteiger partial charge in [0, 0.05) is 50.9 Å². The molecule has 0 bridgehead atoms. The van der Waals surface area contributed by atoms with Crippen LogP contribution in [0.3, 0.4) is 0 Å². The number of amides is 1. The van der Waals surface area contributed by atoms with Gasteiger partial charge in [0.2, 0.25) is 5.91 Å². The molecule has 2 aromatic rings. The van der Waals surface area contributed by atoms with Crippen LogP contribution in [0.2, 0.25) is 0 Å². The summed E-state index contributed by atoms with van der Waals surface area (Å²) in [4.78, 5) is 18.5. The summed E-state index contributed by atoms with van der Waals surface area (Å²) in [6.07, 6.45) is 0.879. The van der Waals surface area contributed by atoms with Crippen molar-refractivity contribution in [3.05, 3.63) is 52.0 Å². The molecule has 2 atom stereocenters. The molecule has 3 rings (SSSR count). The largest absolute Gasteiger partial charge is 0.491 e. The Bertz CT molecular complexity index is 896. The lowest BCUT2D eigenvalue weighted by Crippen LogP contribution is -2.48. The van der Waals surface area contributed by atoms with Crippen molar-refractivity contribution in [1.82, 2.24) is 9.80 Å². The minimum Gasteiger partial charge on any atom is -0.491 e. The van der Waals surface area contributed by atoms with Gasteiger partial charge in [-0.25, -0.2) is 4.39 Å². The summed E-state index contributed by atoms with van der Waals surface area (Å²) in [5.41, 5.74) is 1.09. The van der Waals surface area contributed by atoms with Crippen molar-refractivity contribution in [1.29, 1.82) is 0 Å². The summed E-state index contributed by atoms with van der Waals surface area (Å²) in [5, 5.41) is 12.4. The van der Waals surface area contributed by atoms with Crippen LogP contribution in [0.25, 0.3) is 0 Å². The second-order valence-corrected chi connectivity index (χ2v) is 9.32. The van der Waals surface area contributed by atoms with Crippen molar-refractivity contribution in [2.45, 2.75) is 31.9 Å². The molecule has 0 saturated heterocycles. The molecule has 7 nitrogen and oxygen atoms in total. The van der Waals surface area contributed by atoms with Gasteiger partial charge in [0.1, 0.15) is 18.2 Å². The van der Waals surface area contributed by atoms with Crippen LogP contribution >= 0.6 is 11.3 Å². The Morgan fingerprint density at radius 3 is 3.00 bits per heavy atom. The van der Waals surface area contributed by atoms with Crippen LogP contribution in [0.5, 0.6) is 5.75 Å². The second-order valence-electron chi connectivity index (χ2n) is 8.32. The second kappa shape index (κ2) is 13.7. The van der Waals surface area contributed by atoms with Gasteiger partial charge in [-0.2, -0.15) is 0 Å². The van der Waals surface area contributed by atoms with Crippen molar-refractivity contribution in [2.24, 2.45) is 0 Å². The Hall–Kier alpha value is -2.04. The smallest absolute Gasteiger partial charge is 0.237 e. The summed E-state index contributed by atoms with van der Waals surface area (Å²) in [5.74, 6) is 0.0586. The number of rotatable bonds is 14. The Morgan fingerprint density at radius 1 is 1.38 bits per heavy atom. The van der Waals surface area contributed by atoms with E-state index in [1.165, 1.54) is 17.0 Å². The summed E-state index contributed by atoms with van der Waals surface area (Å²) >= 11 is 1.69. The number of nitrogens with zero attached hydrogens (tertiary/aromatic N) is 2. The number of benzene rings is 1. The number of carbonyl (C=O) groups is 1. The van der Waals surface area contributed by atoms with Crippen molar-refractivity contribution >= 4 is 17.2 Å². The van der Waals surface area contributed by atoms with Gasteiger partial charge < -0.3 is 24.2 Å². The zero-order valence-corrected chi connectivity index (χ0v) is 20.8. The number of hydrogen-bond acceptors (Lipinski definition) is 7. The first-order chi connectivity index (χ1) is 16.5. The van der Waals surface area contributed by atoms with Crippen LogP contribution < -0.4 is 4.74 Å². The van der Waals surface area contributed by atoms with E-state index in [0.717, 1.165) is 18.4 Å². The van der Waals surface area contributed by atoms with Gasteiger partial charge in [-0.15, -0.1) is 11.3 Å². The molecule has 1 amide bonds. The van der Waals surface area contributed by atoms with E-state index < -0.39 is 6.10 Å². The fourth-order valence-electron chi connectivity index (χ4n) is 4.16. The zero-order chi connectivity index (χ0) is 24.3. The third-order valence-electron chi connectivity index (χ3n) is 5.78. The fraction of sp³-hybridized carbons (Fsp3) is 0.560. The zero-order valence-electron chi connectivity index (χ0n) is 20.0. The van der Waals surface area contributed by atoms with Gasteiger partial charge in [-0.1, -0.05) is 6.07 Å². The van der Waals surface area contributed by atoms with E-state index in [2.05, 4.69) is 0 Å². The van der Waals surface area contributed by atoms with Crippen LogP contribution in [0.4, 0.5) is 4.39 Å². The normalized spacial score (nSPS) is 16.5. The summed E-state index contributed by atoms with van der Waals surface area (Å²) in [7, 11) is 1.65. The maximum absolute atomic E-state index is 13.6. The maximum atomic E-state index is 13.6. The molecule has 0 aliphatic carbocycles. The van der Waals surface area contributed by atoms with E-state index in [4.69, 9.17) is 14.2 Å². The van der Waals surface area contributed by atoms with E-state index in [-0.39, 0.29) is 37.5 Å². The Labute approximate surface area is 205 Å². The van der Waals surface area contributed by atoms with Crippen LogP contribution in [-0.4, -0.2) is 86.6 Å². The topological polar surface area (TPSA) is 71.5 Å². The fourth-order valence-corrected chi connectivity index (χ4v) is 5.09. The third kappa shape index (κ3) is 7.74. The van der Waals surface area contributed by atoms with E-state index >= 15 is 0 Å². The Kier molecular flexibility index (Phi) is 10.7. The number of hydrogen-bond donors (Lipinski definition) is 1. The first-order valence-corrected chi connectivity index (χ1v) is 12.6. The van der Waals surface area contributed by atoms with Gasteiger partial charge in [-0.05, 0) is 48.9 Å². The number of aliphatic hydroxyl groups is 1. The first kappa shape index (κ1) is 26.6. The van der Waals surface area contributed by atoms with Crippen molar-refractivity contribution in [2.75, 3.05) is 59.7 Å². The van der Waals surface area contributed by atoms with Crippen LogP contribution in [0, 0.1) is 5.82 Å². The predicted octanol–water partition coefficient (Wildman–Crippen LogP) is 3.13. The van der Waals surface area contributed by atoms with Crippen LogP contribution in [0.1, 0.15) is 29.8 Å². The SMILES string of the molecule is CCOC[C@H](O)CN(CCCOC)CC(=O)N1CCc2sccc2[C@H]1COc1cccc(F)c1. The van der Waals surface area contributed by atoms with Crippen molar-refractivity contribution in [3.63, 3.8) is 0 Å². The van der Waals surface area contributed by atoms with Gasteiger partial charge in [0.05, 0.1) is 25.3 Å². The number of ether oxygens (including phenoxy) is 3. The van der Waals surface area contributed by atoms with Crippen molar-refractivity contribution < 1.29 is 28.5 Å². The molecule has 1 aliphatic rings. The lowest BCUT2D eigenvalue weighted by atomic mass is 10.0. The molecule has 0 fully saturated rings. The molecule has 1 aromatic carbocycles. The predicted molar refractivity (Wildman–Crippen MR) is 130 cm³/mol. The van der Waals surface area contributed by atoms with E-state index in [0.29, 0.717) is 38.6 Å². The monoisotopic (exact) mass is 494 g/mol. The molecule has 1 N–H and O–H groups in total. The van der Waals surface area contributed by atoms with Gasteiger partial charge in [0.15, 0.2) is 0 Å². The maximum Gasteiger partial charge on any atom is 0.237 e. The molecule has 34 heavy (non-hydrogen) atoms. The molecular weight excluding hydrogens is 459 g/mol. The number of carbonyl (C=O) groups excluding carboxylic acids is 1. The van der Waals surface area contributed by atoms with E-state index in [9.17, 15) is 14.3 Å². The molecule has 1 aliphatic heterocycles. The summed E-state index contributed by atoms with van der Waals surface area (Å²) < 4.78 is 30.0. The van der Waals surface area contributed by atoms with E-state index in [1.807, 2.05) is 28.2 Å². The quantitative estimate of drug-likeness (QED) is 0.407. The highest BCUT2D eigenvalue weighted by Crippen LogP contribution is 2.34. The number of methoxy groups -OCH3 is 1. The molecule has 1 aromatic heterocycles. The molecule has 188 valence electrons. The molecule has 9 heteroatoms. The first-order valence-electron chi connectivity index (χ1n) is 11.7. The average Bonchev–Trinajstić information content (AvgIpc) is 3.30. The summed E-state index contributed by atoms with van der Waals surface area (Å²) in [6, 6.07) is 7.83. The number of halogens is 1. The standard InChI is InChI=1S/C25H35FN2O5S/c1-3-32-17-20(29)15-27(10-5-12-31-2)16-25(30)28-11-8-24-22(9-13-34-24)23(28)18-33-21-7-4-6-19(26)14-21/h4,6-7,9,13-14,20,23,29H,3,5,8,10-12,15-18H2,1-2H3/t20-,23-/m1/s1. The lowest BCUT2D eigenvalue weighted by Gasteiger charge is -2.37. The minimum absolute atomic E-state index is 0.0225. The van der Waals surface area contributed by atoms with Crippen LogP contribution in [-0.2, 0) is 20.7 Å². The molecule has 0 unspecified atom stereocenters. The molecule has 0 saturated carbocycles. The Balaban J connectivity index is 1.69. The van der Waals surface area contributed by atoms with E-state index in [1.54, 1.807) is 30.6 Å². The molecule has 2 heterocycles. The highest BCUT2D eigenvalue weighted by Gasteiger charge is 2.33.